The Balaban J connectivity index is 0.00000240. The van der Waals surface area contributed by atoms with Crippen LogP contribution < -0.4 is 0 Å². The number of rotatable bonds is 5. The van der Waals surface area contributed by atoms with Crippen molar-refractivity contribution in [3.8, 4) is 11.1 Å². The Morgan fingerprint density at radius 2 is 1.72 bits per heavy atom. The van der Waals surface area contributed by atoms with Gasteiger partial charge in [-0.05, 0) is 83.9 Å². The second kappa shape index (κ2) is 8.84. The average molecular weight is 478 g/mol. The van der Waals surface area contributed by atoms with Crippen molar-refractivity contribution in [2.75, 3.05) is 0 Å². The smallest absolute Gasteiger partial charge is 0.184 e. The Hall–Kier alpha value is -1.28. The third kappa shape index (κ3) is 4.15. The van der Waals surface area contributed by atoms with Gasteiger partial charge in [0.05, 0.1) is 6.10 Å². The molecule has 29 heavy (non-hydrogen) atoms. The van der Waals surface area contributed by atoms with Gasteiger partial charge in [0.1, 0.15) is 0 Å². The van der Waals surface area contributed by atoms with E-state index in [4.69, 9.17) is 4.43 Å². The molecule has 0 saturated carbocycles. The van der Waals surface area contributed by atoms with Crippen LogP contribution >= 0.6 is 0 Å². The molecule has 0 saturated heterocycles. The monoisotopic (exact) mass is 476 g/mol. The van der Waals surface area contributed by atoms with Gasteiger partial charge in [-0.3, -0.25) is 0 Å². The minimum absolute atomic E-state index is 0. The fraction of sp³-hybridized carbons (Fsp3) is 0.308. The average Bonchev–Trinajstić information content (AvgIpc) is 3.30. The van der Waals surface area contributed by atoms with Crippen molar-refractivity contribution in [1.82, 2.24) is 0 Å². The molecular weight excluding hydrogens is 448 g/mol. The van der Waals surface area contributed by atoms with E-state index in [9.17, 15) is 0 Å². The summed E-state index contributed by atoms with van der Waals surface area (Å²) in [5.74, 6) is 0. The van der Waals surface area contributed by atoms with Crippen LogP contribution in [-0.2, 0) is 30.6 Å². The molecule has 4 rings (SSSR count). The van der Waals surface area contributed by atoms with Crippen molar-refractivity contribution >= 4 is 19.5 Å². The predicted molar refractivity (Wildman–Crippen MR) is 124 cm³/mol. The van der Waals surface area contributed by atoms with Crippen molar-refractivity contribution in [1.29, 1.82) is 0 Å². The van der Waals surface area contributed by atoms with Gasteiger partial charge < -0.3 is 4.43 Å². The molecule has 0 fully saturated rings. The van der Waals surface area contributed by atoms with Crippen LogP contribution in [0.3, 0.4) is 0 Å². The maximum atomic E-state index is 6.65. The van der Waals surface area contributed by atoms with Crippen LogP contribution in [0.25, 0.3) is 22.3 Å². The minimum Gasteiger partial charge on any atom is -0.411 e. The van der Waals surface area contributed by atoms with Gasteiger partial charge >= 0.3 is 0 Å². The number of hydrogen-bond donors (Lipinski definition) is 0. The summed E-state index contributed by atoms with van der Waals surface area (Å²) in [4.78, 5) is 0. The predicted octanol–water partition coefficient (Wildman–Crippen LogP) is 7.76. The zero-order chi connectivity index (χ0) is 19.9. The molecule has 2 aliphatic carbocycles. The Kier molecular flexibility index (Phi) is 6.83. The van der Waals surface area contributed by atoms with E-state index in [2.05, 4.69) is 94.2 Å². The summed E-state index contributed by atoms with van der Waals surface area (Å²) >= 11 is 0. The van der Waals surface area contributed by atoms with E-state index < -0.39 is 8.32 Å². The topological polar surface area (TPSA) is 9.23 Å². The zero-order valence-electron chi connectivity index (χ0n) is 18.2. The summed E-state index contributed by atoms with van der Waals surface area (Å²) in [7, 11) is -1.65. The molecule has 0 radical (unpaired) electrons. The van der Waals surface area contributed by atoms with Crippen LogP contribution in [0.15, 0.2) is 60.7 Å². The van der Waals surface area contributed by atoms with Gasteiger partial charge in [0.2, 0.25) is 0 Å². The summed E-state index contributed by atoms with van der Waals surface area (Å²) in [6, 6.07) is 13.5. The van der Waals surface area contributed by atoms with Crippen molar-refractivity contribution in [3.63, 3.8) is 0 Å². The first-order valence-electron chi connectivity index (χ1n) is 10.4. The molecule has 0 spiro atoms. The van der Waals surface area contributed by atoms with Gasteiger partial charge in [-0.1, -0.05) is 67.6 Å². The minimum atomic E-state index is -1.65. The molecule has 2 aromatic carbocycles. The Labute approximate surface area is 195 Å². The molecule has 0 amide bonds. The molecule has 0 N–H and O–H groups in total. The number of fused-ring (bicyclic) bond motifs is 3. The van der Waals surface area contributed by atoms with E-state index >= 15 is 0 Å². The van der Waals surface area contributed by atoms with Crippen molar-refractivity contribution < 1.29 is 30.6 Å². The van der Waals surface area contributed by atoms with E-state index in [1.54, 1.807) is 0 Å². The first-order chi connectivity index (χ1) is 13.4. The molecule has 148 valence electrons. The number of allylic oxidation sites excluding steroid dienone is 5. The van der Waals surface area contributed by atoms with E-state index in [1.165, 1.54) is 44.5 Å². The third-order valence-electron chi connectivity index (χ3n) is 5.61. The summed E-state index contributed by atoms with van der Waals surface area (Å²) in [5, 5.41) is 0. The van der Waals surface area contributed by atoms with Gasteiger partial charge in [-0.2, -0.15) is 0 Å². The molecule has 1 nitrogen and oxygen atoms in total. The van der Waals surface area contributed by atoms with E-state index in [-0.39, 0.29) is 32.3 Å². The molecule has 0 heterocycles. The largest absolute Gasteiger partial charge is 0.411 e. The normalized spacial score (nSPS) is 17.0. The van der Waals surface area contributed by atoms with Crippen molar-refractivity contribution in [2.45, 2.75) is 52.4 Å². The Bertz CT molecular complexity index is 1010. The van der Waals surface area contributed by atoms with Crippen LogP contribution in [0.1, 0.15) is 55.0 Å². The molecule has 1 unspecified atom stereocenters. The summed E-state index contributed by atoms with van der Waals surface area (Å²) in [6.45, 7) is 11.3. The van der Waals surface area contributed by atoms with E-state index in [1.807, 2.05) is 0 Å². The maximum Gasteiger partial charge on any atom is 0.184 e. The first kappa shape index (κ1) is 22.4. The third-order valence-corrected chi connectivity index (χ3v) is 6.60. The fourth-order valence-electron chi connectivity index (χ4n) is 4.55. The number of benzene rings is 2. The Morgan fingerprint density at radius 3 is 2.31 bits per heavy atom. The molecule has 0 aromatic heterocycles. The SMILES string of the molecule is C/C=C1/c2ccccc2-c2ccc(C(CC)O[Si](C)(C)C)c(C3=CC=CC3)c21.[Zr]. The van der Waals surface area contributed by atoms with Gasteiger partial charge in [-0.15, -0.1) is 0 Å². The fourth-order valence-corrected chi connectivity index (χ4v) is 5.70. The number of hydrogen-bond acceptors (Lipinski definition) is 1. The van der Waals surface area contributed by atoms with E-state index in [0.717, 1.165) is 12.8 Å². The van der Waals surface area contributed by atoms with Crippen molar-refractivity contribution in [2.24, 2.45) is 0 Å². The molecule has 3 heteroatoms. The quantitative estimate of drug-likeness (QED) is 0.341. The van der Waals surface area contributed by atoms with Crippen molar-refractivity contribution in [3.05, 3.63) is 83.0 Å². The van der Waals surface area contributed by atoms with Gasteiger partial charge in [0, 0.05) is 26.2 Å². The molecule has 0 bridgehead atoms. The van der Waals surface area contributed by atoms with Crippen LogP contribution in [0.4, 0.5) is 0 Å². The van der Waals surface area contributed by atoms with Crippen LogP contribution in [0, 0.1) is 0 Å². The molecule has 1 atom stereocenters. The second-order valence-electron chi connectivity index (χ2n) is 8.65. The molecule has 2 aliphatic rings. The molecular formula is C26H30OSiZr. The maximum absolute atomic E-state index is 6.65. The van der Waals surface area contributed by atoms with Gasteiger partial charge in [0.15, 0.2) is 8.32 Å². The summed E-state index contributed by atoms with van der Waals surface area (Å²) in [6.07, 6.45) is 11.2. The summed E-state index contributed by atoms with van der Waals surface area (Å²) < 4.78 is 6.65. The zero-order valence-corrected chi connectivity index (χ0v) is 21.6. The second-order valence-corrected chi connectivity index (χ2v) is 13.1. The van der Waals surface area contributed by atoms with Gasteiger partial charge in [-0.25, -0.2) is 0 Å². The van der Waals surface area contributed by atoms with Crippen LogP contribution in [0.2, 0.25) is 19.6 Å². The molecule has 0 aliphatic heterocycles. The molecule has 2 aromatic rings. The Morgan fingerprint density at radius 1 is 1.00 bits per heavy atom. The standard InChI is InChI=1S/C26H30OSi.Zr/c1-6-19-20-14-10-11-15-21(20)22-16-17-23(24(7-2)27-28(3,4)5)25(26(19)22)18-12-8-9-13-18;/h6,8-12,14-17,24H,7,13H2,1-5H3;/b19-6-;. The van der Waals surface area contributed by atoms with Gasteiger partial charge in [0.25, 0.3) is 0 Å². The van der Waals surface area contributed by atoms with Crippen LogP contribution in [0.5, 0.6) is 0 Å². The first-order valence-corrected chi connectivity index (χ1v) is 13.8. The summed E-state index contributed by atoms with van der Waals surface area (Å²) in [5.41, 5.74) is 11.0. The van der Waals surface area contributed by atoms with Crippen LogP contribution in [-0.4, -0.2) is 8.32 Å². The van der Waals surface area contributed by atoms with E-state index in [0.29, 0.717) is 0 Å².